The van der Waals surface area contributed by atoms with Crippen molar-refractivity contribution in [3.63, 3.8) is 0 Å². The summed E-state index contributed by atoms with van der Waals surface area (Å²) in [4.78, 5) is 0. The third-order valence-electron chi connectivity index (χ3n) is 5.80. The number of aliphatic hydroxyl groups is 1. The first-order valence-electron chi connectivity index (χ1n) is 7.41. The molecule has 4 saturated carbocycles. The van der Waals surface area contributed by atoms with Crippen LogP contribution in [0.2, 0.25) is 0 Å². The monoisotopic (exact) mass is 236 g/mol. The SMILES string of the molecule is CC12CC3CC(C1)CC(C(O)C(C)(C)C)(C3)C2. The number of aliphatic hydroxyl groups excluding tert-OH is 1. The zero-order valence-electron chi connectivity index (χ0n) is 11.9. The van der Waals surface area contributed by atoms with Crippen molar-refractivity contribution in [1.82, 2.24) is 0 Å². The van der Waals surface area contributed by atoms with Gasteiger partial charge in [0.25, 0.3) is 0 Å². The molecule has 3 atom stereocenters. The molecule has 0 heterocycles. The number of hydrogen-bond donors (Lipinski definition) is 1. The highest BCUT2D eigenvalue weighted by atomic mass is 16.3. The lowest BCUT2D eigenvalue weighted by atomic mass is 9.42. The highest BCUT2D eigenvalue weighted by Crippen LogP contribution is 2.67. The van der Waals surface area contributed by atoms with Crippen molar-refractivity contribution in [2.45, 2.75) is 72.3 Å². The third-order valence-corrected chi connectivity index (χ3v) is 5.80. The fraction of sp³-hybridized carbons (Fsp3) is 1.00. The minimum absolute atomic E-state index is 0.0437. The Labute approximate surface area is 106 Å². The predicted octanol–water partition coefficient (Wildman–Crippen LogP) is 4.00. The lowest BCUT2D eigenvalue weighted by Gasteiger charge is -2.64. The van der Waals surface area contributed by atoms with Gasteiger partial charge in [0.05, 0.1) is 6.10 Å². The topological polar surface area (TPSA) is 20.2 Å². The molecule has 0 aliphatic heterocycles. The van der Waals surface area contributed by atoms with Gasteiger partial charge in [-0.05, 0) is 66.6 Å². The molecule has 0 radical (unpaired) electrons. The Hall–Kier alpha value is -0.0400. The predicted molar refractivity (Wildman–Crippen MR) is 70.7 cm³/mol. The molecule has 4 rings (SSSR count). The van der Waals surface area contributed by atoms with E-state index in [1.807, 2.05) is 0 Å². The van der Waals surface area contributed by atoms with Crippen LogP contribution >= 0.6 is 0 Å². The summed E-state index contributed by atoms with van der Waals surface area (Å²) in [5.74, 6) is 1.83. The summed E-state index contributed by atoms with van der Waals surface area (Å²) in [5, 5.41) is 10.9. The molecule has 0 saturated heterocycles. The molecular formula is C16H28O. The van der Waals surface area contributed by atoms with Gasteiger partial charge < -0.3 is 5.11 Å². The van der Waals surface area contributed by atoms with Crippen molar-refractivity contribution in [3.05, 3.63) is 0 Å². The van der Waals surface area contributed by atoms with Gasteiger partial charge in [0.1, 0.15) is 0 Å². The average molecular weight is 236 g/mol. The zero-order valence-corrected chi connectivity index (χ0v) is 11.9. The Morgan fingerprint density at radius 2 is 1.59 bits per heavy atom. The fourth-order valence-electron chi connectivity index (χ4n) is 6.04. The van der Waals surface area contributed by atoms with Crippen LogP contribution in [0, 0.1) is 28.1 Å². The van der Waals surface area contributed by atoms with E-state index in [0.29, 0.717) is 5.41 Å². The van der Waals surface area contributed by atoms with Crippen LogP contribution in [0.3, 0.4) is 0 Å². The van der Waals surface area contributed by atoms with Crippen LogP contribution in [0.4, 0.5) is 0 Å². The summed E-state index contributed by atoms with van der Waals surface area (Å²) in [6, 6.07) is 0. The van der Waals surface area contributed by atoms with E-state index in [1.165, 1.54) is 38.5 Å². The molecule has 0 aromatic carbocycles. The molecule has 1 nitrogen and oxygen atoms in total. The van der Waals surface area contributed by atoms with Gasteiger partial charge in [0.2, 0.25) is 0 Å². The second kappa shape index (κ2) is 3.29. The minimum Gasteiger partial charge on any atom is -0.392 e. The first-order chi connectivity index (χ1) is 7.73. The molecule has 4 aliphatic carbocycles. The molecule has 3 unspecified atom stereocenters. The summed E-state index contributed by atoms with van der Waals surface area (Å²) in [6.07, 6.45) is 8.10. The highest BCUT2D eigenvalue weighted by Gasteiger charge is 2.59. The highest BCUT2D eigenvalue weighted by molar-refractivity contribution is 5.09. The Morgan fingerprint density at radius 3 is 2.00 bits per heavy atom. The summed E-state index contributed by atoms with van der Waals surface area (Å²) < 4.78 is 0. The van der Waals surface area contributed by atoms with Crippen LogP contribution in [-0.4, -0.2) is 11.2 Å². The Balaban J connectivity index is 1.93. The fourth-order valence-corrected chi connectivity index (χ4v) is 6.04. The largest absolute Gasteiger partial charge is 0.392 e. The van der Waals surface area contributed by atoms with E-state index in [-0.39, 0.29) is 16.9 Å². The molecule has 17 heavy (non-hydrogen) atoms. The Morgan fingerprint density at radius 1 is 1.06 bits per heavy atom. The first kappa shape index (κ1) is 12.0. The van der Waals surface area contributed by atoms with Gasteiger partial charge in [-0.2, -0.15) is 0 Å². The summed E-state index contributed by atoms with van der Waals surface area (Å²) in [7, 11) is 0. The molecule has 4 fully saturated rings. The molecule has 0 aromatic rings. The molecule has 0 aromatic heterocycles. The molecule has 4 bridgehead atoms. The normalized spacial score (nSPS) is 50.6. The number of hydrogen-bond acceptors (Lipinski definition) is 1. The van der Waals surface area contributed by atoms with Crippen molar-refractivity contribution in [2.24, 2.45) is 28.1 Å². The summed E-state index contributed by atoms with van der Waals surface area (Å²) in [5.41, 5.74) is 0.857. The van der Waals surface area contributed by atoms with Crippen molar-refractivity contribution in [1.29, 1.82) is 0 Å². The quantitative estimate of drug-likeness (QED) is 0.729. The molecule has 98 valence electrons. The van der Waals surface area contributed by atoms with Crippen molar-refractivity contribution in [2.75, 3.05) is 0 Å². The van der Waals surface area contributed by atoms with Gasteiger partial charge in [-0.1, -0.05) is 27.7 Å². The Kier molecular flexibility index (Phi) is 2.32. The maximum Gasteiger partial charge on any atom is 0.0645 e. The first-order valence-corrected chi connectivity index (χ1v) is 7.41. The van der Waals surface area contributed by atoms with Crippen LogP contribution in [0.15, 0.2) is 0 Å². The maximum atomic E-state index is 10.9. The minimum atomic E-state index is -0.111. The second-order valence-corrected chi connectivity index (χ2v) is 8.90. The summed E-state index contributed by atoms with van der Waals surface area (Å²) >= 11 is 0. The van der Waals surface area contributed by atoms with Crippen LogP contribution < -0.4 is 0 Å². The smallest absolute Gasteiger partial charge is 0.0645 e. The average Bonchev–Trinajstić information content (AvgIpc) is 2.10. The van der Waals surface area contributed by atoms with Gasteiger partial charge in [0.15, 0.2) is 0 Å². The summed E-state index contributed by atoms with van der Waals surface area (Å²) in [6.45, 7) is 9.10. The van der Waals surface area contributed by atoms with E-state index in [1.54, 1.807) is 0 Å². The lowest BCUT2D eigenvalue weighted by molar-refractivity contribution is -0.178. The molecule has 0 amide bonds. The zero-order chi connectivity index (χ0) is 12.5. The van der Waals surface area contributed by atoms with E-state index < -0.39 is 0 Å². The van der Waals surface area contributed by atoms with Crippen LogP contribution in [0.5, 0.6) is 0 Å². The van der Waals surface area contributed by atoms with E-state index in [9.17, 15) is 5.11 Å². The van der Waals surface area contributed by atoms with Crippen molar-refractivity contribution >= 4 is 0 Å². The van der Waals surface area contributed by atoms with Crippen LogP contribution in [-0.2, 0) is 0 Å². The third kappa shape index (κ3) is 1.77. The molecule has 4 aliphatic rings. The van der Waals surface area contributed by atoms with E-state index in [4.69, 9.17) is 0 Å². The number of rotatable bonds is 1. The molecule has 1 heteroatoms. The van der Waals surface area contributed by atoms with Gasteiger partial charge in [0, 0.05) is 0 Å². The van der Waals surface area contributed by atoms with Crippen molar-refractivity contribution < 1.29 is 5.11 Å². The standard InChI is InChI=1S/C16H28O/c1-14(2,3)13(17)16-8-11-5-12(9-16)7-15(4,6-11)10-16/h11-13,17H,5-10H2,1-4H3. The van der Waals surface area contributed by atoms with E-state index >= 15 is 0 Å². The molecular weight excluding hydrogens is 208 g/mol. The van der Waals surface area contributed by atoms with E-state index in [0.717, 1.165) is 11.8 Å². The van der Waals surface area contributed by atoms with Gasteiger partial charge in [-0.3, -0.25) is 0 Å². The van der Waals surface area contributed by atoms with Crippen LogP contribution in [0.1, 0.15) is 66.2 Å². The van der Waals surface area contributed by atoms with Crippen LogP contribution in [0.25, 0.3) is 0 Å². The molecule has 1 N–H and O–H groups in total. The van der Waals surface area contributed by atoms with Gasteiger partial charge >= 0.3 is 0 Å². The van der Waals surface area contributed by atoms with E-state index in [2.05, 4.69) is 27.7 Å². The molecule has 0 spiro atoms. The van der Waals surface area contributed by atoms with Gasteiger partial charge in [-0.25, -0.2) is 0 Å². The van der Waals surface area contributed by atoms with Gasteiger partial charge in [-0.15, -0.1) is 0 Å². The van der Waals surface area contributed by atoms with Crippen molar-refractivity contribution in [3.8, 4) is 0 Å². The lowest BCUT2D eigenvalue weighted by Crippen LogP contribution is -2.57. The Bertz CT molecular complexity index is 311. The second-order valence-electron chi connectivity index (χ2n) is 8.90. The maximum absolute atomic E-state index is 10.9.